The van der Waals surface area contributed by atoms with Gasteiger partial charge < -0.3 is 8.92 Å². The molecule has 11 heteroatoms. The monoisotopic (exact) mass is 455 g/mol. The molecule has 0 bridgehead atoms. The molecule has 164 valence electrons. The molecule has 0 spiro atoms. The molecule has 3 aromatic carbocycles. The molecule has 0 fully saturated rings. The van der Waals surface area contributed by atoms with E-state index in [1.165, 1.54) is 49.7 Å². The van der Waals surface area contributed by atoms with E-state index in [0.717, 1.165) is 6.07 Å². The van der Waals surface area contributed by atoms with E-state index >= 15 is 0 Å². The summed E-state index contributed by atoms with van der Waals surface area (Å²) in [6.07, 6.45) is 1.31. The lowest BCUT2D eigenvalue weighted by atomic mass is 10.2. The maximum absolute atomic E-state index is 12.4. The minimum absolute atomic E-state index is 0.0260. The number of carbonyl (C=O) groups is 1. The molecule has 0 radical (unpaired) electrons. The Morgan fingerprint density at radius 3 is 2.44 bits per heavy atom. The van der Waals surface area contributed by atoms with Gasteiger partial charge in [-0.1, -0.05) is 18.2 Å². The number of carbonyl (C=O) groups excluding carboxylic acids is 1. The van der Waals surface area contributed by atoms with Crippen molar-refractivity contribution < 1.29 is 27.1 Å². The molecule has 0 saturated heterocycles. The number of hydrogen-bond acceptors (Lipinski definition) is 8. The first-order valence-electron chi connectivity index (χ1n) is 9.05. The highest BCUT2D eigenvalue weighted by atomic mass is 32.2. The minimum Gasteiger partial charge on any atom is -0.497 e. The first kappa shape index (κ1) is 22.4. The topological polar surface area (TPSA) is 137 Å². The number of hydrazone groups is 1. The summed E-state index contributed by atoms with van der Waals surface area (Å²) in [6.45, 7) is 0. The number of amides is 1. The molecular weight excluding hydrogens is 438 g/mol. The maximum atomic E-state index is 12.4. The van der Waals surface area contributed by atoms with Crippen molar-refractivity contribution in [3.8, 4) is 11.5 Å². The van der Waals surface area contributed by atoms with Gasteiger partial charge in [-0.3, -0.25) is 14.9 Å². The molecule has 0 aliphatic carbocycles. The first-order chi connectivity index (χ1) is 15.3. The molecule has 0 unspecified atom stereocenters. The number of nitro benzene ring substituents is 1. The molecule has 0 aliphatic rings. The smallest absolute Gasteiger partial charge is 0.339 e. The third-order valence-corrected chi connectivity index (χ3v) is 5.36. The minimum atomic E-state index is -4.29. The molecule has 0 saturated carbocycles. The van der Waals surface area contributed by atoms with Gasteiger partial charge in [-0.2, -0.15) is 13.5 Å². The summed E-state index contributed by atoms with van der Waals surface area (Å²) in [5.41, 5.74) is 2.82. The van der Waals surface area contributed by atoms with Crippen LogP contribution < -0.4 is 14.3 Å². The number of rotatable bonds is 8. The molecule has 32 heavy (non-hydrogen) atoms. The van der Waals surface area contributed by atoms with Crippen molar-refractivity contribution in [2.24, 2.45) is 5.10 Å². The van der Waals surface area contributed by atoms with E-state index in [1.54, 1.807) is 30.3 Å². The maximum Gasteiger partial charge on any atom is 0.339 e. The average Bonchev–Trinajstić information content (AvgIpc) is 2.79. The molecule has 3 rings (SSSR count). The third kappa shape index (κ3) is 5.67. The third-order valence-electron chi connectivity index (χ3n) is 4.11. The second-order valence-electron chi connectivity index (χ2n) is 6.29. The molecule has 3 aromatic rings. The number of nitrogens with zero attached hydrogens (tertiary/aromatic N) is 2. The summed E-state index contributed by atoms with van der Waals surface area (Å²) < 4.78 is 35.0. The molecule has 1 N–H and O–H groups in total. The van der Waals surface area contributed by atoms with Crippen molar-refractivity contribution in [3.63, 3.8) is 0 Å². The van der Waals surface area contributed by atoms with Gasteiger partial charge >= 0.3 is 10.1 Å². The van der Waals surface area contributed by atoms with E-state index in [9.17, 15) is 23.3 Å². The quantitative estimate of drug-likeness (QED) is 0.238. The van der Waals surface area contributed by atoms with E-state index in [4.69, 9.17) is 8.92 Å². The van der Waals surface area contributed by atoms with Crippen LogP contribution in [0.1, 0.15) is 15.9 Å². The Hall–Kier alpha value is -4.25. The molecule has 0 heterocycles. The number of ether oxygens (including phenoxy) is 1. The highest BCUT2D eigenvalue weighted by molar-refractivity contribution is 7.87. The number of hydrogen-bond donors (Lipinski definition) is 1. The van der Waals surface area contributed by atoms with Gasteiger partial charge in [0.2, 0.25) is 0 Å². The van der Waals surface area contributed by atoms with Gasteiger partial charge in [-0.25, -0.2) is 5.43 Å². The number of benzene rings is 3. The second kappa shape index (κ2) is 9.71. The number of nitrogens with one attached hydrogen (secondary N) is 1. The predicted molar refractivity (Wildman–Crippen MR) is 115 cm³/mol. The summed E-state index contributed by atoms with van der Waals surface area (Å²) in [5.74, 6) is 0.147. The van der Waals surface area contributed by atoms with Gasteiger partial charge in [0.1, 0.15) is 16.4 Å². The Morgan fingerprint density at radius 1 is 1.03 bits per heavy atom. The summed E-state index contributed by atoms with van der Waals surface area (Å²) in [4.78, 5) is 21.9. The summed E-state index contributed by atoms with van der Waals surface area (Å²) >= 11 is 0. The lowest BCUT2D eigenvalue weighted by Gasteiger charge is -2.07. The van der Waals surface area contributed by atoms with Crippen molar-refractivity contribution >= 4 is 27.9 Å². The fourth-order valence-electron chi connectivity index (χ4n) is 2.55. The van der Waals surface area contributed by atoms with Crippen molar-refractivity contribution in [1.82, 2.24) is 5.43 Å². The SMILES string of the molecule is COc1ccc(C(=O)N/N=C\c2cccc(OS(=O)(=O)c3cccc([N+](=O)[O-])c3)c2)cc1. The summed E-state index contributed by atoms with van der Waals surface area (Å²) in [7, 11) is -2.77. The lowest BCUT2D eigenvalue weighted by Crippen LogP contribution is -2.17. The zero-order valence-corrected chi connectivity index (χ0v) is 17.5. The van der Waals surface area contributed by atoms with E-state index < -0.39 is 20.9 Å². The fourth-order valence-corrected chi connectivity index (χ4v) is 3.51. The van der Waals surface area contributed by atoms with Crippen LogP contribution in [0, 0.1) is 10.1 Å². The van der Waals surface area contributed by atoms with Gasteiger partial charge in [-0.05, 0) is 48.0 Å². The van der Waals surface area contributed by atoms with E-state index in [2.05, 4.69) is 10.5 Å². The Labute approximate surface area is 183 Å². The van der Waals surface area contributed by atoms with Gasteiger partial charge in [0, 0.05) is 17.7 Å². The fraction of sp³-hybridized carbons (Fsp3) is 0.0476. The van der Waals surface area contributed by atoms with Crippen molar-refractivity contribution in [2.75, 3.05) is 7.11 Å². The van der Waals surface area contributed by atoms with E-state index in [-0.39, 0.29) is 16.3 Å². The van der Waals surface area contributed by atoms with Crippen LogP contribution in [0.2, 0.25) is 0 Å². The Bertz CT molecular complexity index is 1270. The number of methoxy groups -OCH3 is 1. The summed E-state index contributed by atoms with van der Waals surface area (Å²) in [5, 5.41) is 14.7. The Kier molecular flexibility index (Phi) is 6.80. The Balaban J connectivity index is 1.69. The second-order valence-corrected chi connectivity index (χ2v) is 7.84. The average molecular weight is 455 g/mol. The lowest BCUT2D eigenvalue weighted by molar-refractivity contribution is -0.385. The zero-order valence-electron chi connectivity index (χ0n) is 16.7. The Morgan fingerprint density at radius 2 is 1.75 bits per heavy atom. The predicted octanol–water partition coefficient (Wildman–Crippen LogP) is 3.14. The standard InChI is InChI=1S/C21H17N3O7S/c1-30-18-10-8-16(9-11-18)21(25)23-22-14-15-4-2-6-19(12-15)31-32(28,29)20-7-3-5-17(13-20)24(26)27/h2-14H,1H3,(H,23,25)/b22-14-. The van der Waals surface area contributed by atoms with Crippen LogP contribution >= 0.6 is 0 Å². The molecular formula is C21H17N3O7S. The van der Waals surface area contributed by atoms with Crippen LogP contribution in [0.15, 0.2) is 82.8 Å². The van der Waals surface area contributed by atoms with Crippen LogP contribution in [-0.4, -0.2) is 32.6 Å². The number of non-ortho nitro benzene ring substituents is 1. The molecule has 0 aromatic heterocycles. The molecule has 0 aliphatic heterocycles. The van der Waals surface area contributed by atoms with E-state index in [1.807, 2.05) is 0 Å². The largest absolute Gasteiger partial charge is 0.497 e. The number of nitro groups is 1. The van der Waals surface area contributed by atoms with Gasteiger partial charge in [-0.15, -0.1) is 0 Å². The molecule has 1 amide bonds. The zero-order chi connectivity index (χ0) is 23.1. The van der Waals surface area contributed by atoms with Crippen LogP contribution in [0.4, 0.5) is 5.69 Å². The normalized spacial score (nSPS) is 11.2. The van der Waals surface area contributed by atoms with E-state index in [0.29, 0.717) is 16.9 Å². The van der Waals surface area contributed by atoms with Crippen molar-refractivity contribution in [3.05, 3.63) is 94.0 Å². The highest BCUT2D eigenvalue weighted by Crippen LogP contribution is 2.22. The van der Waals surface area contributed by atoms with Crippen LogP contribution in [0.25, 0.3) is 0 Å². The van der Waals surface area contributed by atoms with Crippen molar-refractivity contribution in [1.29, 1.82) is 0 Å². The molecule has 10 nitrogen and oxygen atoms in total. The van der Waals surface area contributed by atoms with Gasteiger partial charge in [0.15, 0.2) is 0 Å². The van der Waals surface area contributed by atoms with Crippen LogP contribution in [0.5, 0.6) is 11.5 Å². The molecule has 0 atom stereocenters. The van der Waals surface area contributed by atoms with Crippen LogP contribution in [0.3, 0.4) is 0 Å². The first-order valence-corrected chi connectivity index (χ1v) is 10.5. The van der Waals surface area contributed by atoms with Gasteiger partial charge in [0.25, 0.3) is 11.6 Å². The summed E-state index contributed by atoms with van der Waals surface area (Å²) in [6, 6.07) is 16.9. The van der Waals surface area contributed by atoms with Crippen molar-refractivity contribution in [2.45, 2.75) is 4.90 Å². The van der Waals surface area contributed by atoms with Crippen LogP contribution in [-0.2, 0) is 10.1 Å². The van der Waals surface area contributed by atoms with Gasteiger partial charge in [0.05, 0.1) is 18.2 Å². The highest BCUT2D eigenvalue weighted by Gasteiger charge is 2.20.